The van der Waals surface area contributed by atoms with Crippen LogP contribution < -0.4 is 10.6 Å². The predicted octanol–water partition coefficient (Wildman–Crippen LogP) is 3.86. The lowest BCUT2D eigenvalue weighted by atomic mass is 10.1. The number of anilines is 1. The van der Waals surface area contributed by atoms with E-state index in [2.05, 4.69) is 10.6 Å². The van der Waals surface area contributed by atoms with Crippen molar-refractivity contribution >= 4 is 41.3 Å². The number of nitrogens with one attached hydrogen (secondary N) is 2. The first-order chi connectivity index (χ1) is 12.8. The molecule has 0 aliphatic carbocycles. The van der Waals surface area contributed by atoms with Crippen LogP contribution in [-0.2, 0) is 14.3 Å². The van der Waals surface area contributed by atoms with Gasteiger partial charge in [0.25, 0.3) is 5.91 Å². The molecule has 0 radical (unpaired) electrons. The van der Waals surface area contributed by atoms with Crippen LogP contribution in [0.4, 0.5) is 10.5 Å². The van der Waals surface area contributed by atoms with E-state index in [9.17, 15) is 14.4 Å². The zero-order valence-corrected chi connectivity index (χ0v) is 15.7. The number of hydrogen-bond donors (Lipinski definition) is 2. The summed E-state index contributed by atoms with van der Waals surface area (Å²) < 4.78 is 4.80. The van der Waals surface area contributed by atoms with Gasteiger partial charge in [-0.15, -0.1) is 0 Å². The Morgan fingerprint density at radius 1 is 1.07 bits per heavy atom. The average molecular weight is 387 g/mol. The Balaban J connectivity index is 1.78. The molecule has 6 nitrogen and oxygen atoms in total. The van der Waals surface area contributed by atoms with Crippen molar-refractivity contribution in [2.24, 2.45) is 0 Å². The molecule has 7 heteroatoms. The zero-order valence-electron chi connectivity index (χ0n) is 14.9. The molecule has 0 aromatic heterocycles. The topological polar surface area (TPSA) is 84.5 Å². The second-order valence-corrected chi connectivity index (χ2v) is 6.18. The van der Waals surface area contributed by atoms with E-state index in [1.807, 2.05) is 19.9 Å². The summed E-state index contributed by atoms with van der Waals surface area (Å²) in [6, 6.07) is 11.6. The molecule has 0 bridgehead atoms. The second kappa shape index (κ2) is 9.54. The highest BCUT2D eigenvalue weighted by Crippen LogP contribution is 2.17. The van der Waals surface area contributed by atoms with Gasteiger partial charge in [0, 0.05) is 16.8 Å². The molecule has 0 atom stereocenters. The molecule has 0 aliphatic heterocycles. The SMILES string of the molecule is Cc1cccc(NC(=O)NC(=O)COC(=O)/C=C/c2ccc(Cl)cc2)c1C. The van der Waals surface area contributed by atoms with Crippen molar-refractivity contribution < 1.29 is 19.1 Å². The maximum atomic E-state index is 11.9. The first-order valence-electron chi connectivity index (χ1n) is 8.12. The molecule has 3 amide bonds. The van der Waals surface area contributed by atoms with Gasteiger partial charge in [-0.25, -0.2) is 9.59 Å². The van der Waals surface area contributed by atoms with E-state index in [1.165, 1.54) is 12.2 Å². The van der Waals surface area contributed by atoms with Gasteiger partial charge in [-0.05, 0) is 54.8 Å². The van der Waals surface area contributed by atoms with Gasteiger partial charge in [0.05, 0.1) is 0 Å². The number of aryl methyl sites for hydroxylation is 1. The number of ether oxygens (including phenoxy) is 1. The highest BCUT2D eigenvalue weighted by molar-refractivity contribution is 6.30. The number of urea groups is 1. The number of esters is 1. The number of benzene rings is 2. The summed E-state index contributed by atoms with van der Waals surface area (Å²) in [7, 11) is 0. The highest BCUT2D eigenvalue weighted by Gasteiger charge is 2.11. The van der Waals surface area contributed by atoms with E-state index >= 15 is 0 Å². The van der Waals surface area contributed by atoms with Crippen LogP contribution in [0, 0.1) is 13.8 Å². The summed E-state index contributed by atoms with van der Waals surface area (Å²) in [6.45, 7) is 3.21. The summed E-state index contributed by atoms with van der Waals surface area (Å²) in [5, 5.41) is 5.28. The third-order valence-electron chi connectivity index (χ3n) is 3.73. The van der Waals surface area contributed by atoms with E-state index in [0.29, 0.717) is 10.7 Å². The minimum absolute atomic E-state index is 0.565. The van der Waals surface area contributed by atoms with Crippen LogP contribution in [0.25, 0.3) is 6.08 Å². The van der Waals surface area contributed by atoms with Gasteiger partial charge in [-0.3, -0.25) is 10.1 Å². The summed E-state index contributed by atoms with van der Waals surface area (Å²) >= 11 is 5.77. The van der Waals surface area contributed by atoms with Crippen molar-refractivity contribution in [3.8, 4) is 0 Å². The van der Waals surface area contributed by atoms with Crippen LogP contribution in [0.2, 0.25) is 5.02 Å². The number of carbonyl (C=O) groups is 3. The fourth-order valence-electron chi connectivity index (χ4n) is 2.13. The molecule has 0 unspecified atom stereocenters. The van der Waals surface area contributed by atoms with E-state index in [-0.39, 0.29) is 0 Å². The number of carbonyl (C=O) groups excluding carboxylic acids is 3. The fraction of sp³-hybridized carbons (Fsp3) is 0.150. The lowest BCUT2D eigenvalue weighted by molar-refractivity contribution is -0.143. The largest absolute Gasteiger partial charge is 0.452 e. The van der Waals surface area contributed by atoms with E-state index in [4.69, 9.17) is 16.3 Å². The molecule has 0 saturated heterocycles. The van der Waals surface area contributed by atoms with Crippen LogP contribution in [0.1, 0.15) is 16.7 Å². The molecule has 0 spiro atoms. The standard InChI is InChI=1S/C20H19ClN2O4/c1-13-4-3-5-17(14(13)2)22-20(26)23-18(24)12-27-19(25)11-8-15-6-9-16(21)10-7-15/h3-11H,12H2,1-2H3,(H2,22,23,24,26)/b11-8+. The molecular weight excluding hydrogens is 368 g/mol. The minimum Gasteiger partial charge on any atom is -0.452 e. The number of halogens is 1. The molecule has 27 heavy (non-hydrogen) atoms. The molecule has 0 saturated carbocycles. The Morgan fingerprint density at radius 3 is 2.48 bits per heavy atom. The van der Waals surface area contributed by atoms with Gasteiger partial charge in [-0.2, -0.15) is 0 Å². The highest BCUT2D eigenvalue weighted by atomic mass is 35.5. The molecule has 0 heterocycles. The van der Waals surface area contributed by atoms with E-state index < -0.39 is 24.5 Å². The molecule has 140 valence electrons. The predicted molar refractivity (Wildman–Crippen MR) is 105 cm³/mol. The third-order valence-corrected chi connectivity index (χ3v) is 3.99. The summed E-state index contributed by atoms with van der Waals surface area (Å²) in [5.41, 5.74) is 3.27. The van der Waals surface area contributed by atoms with E-state index in [0.717, 1.165) is 16.7 Å². The van der Waals surface area contributed by atoms with Gasteiger partial charge in [0.15, 0.2) is 6.61 Å². The van der Waals surface area contributed by atoms with Crippen LogP contribution in [0.3, 0.4) is 0 Å². The van der Waals surface area contributed by atoms with Crippen molar-refractivity contribution in [3.05, 3.63) is 70.3 Å². The van der Waals surface area contributed by atoms with Gasteiger partial charge in [0.1, 0.15) is 0 Å². The number of amides is 3. The van der Waals surface area contributed by atoms with Crippen molar-refractivity contribution in [2.45, 2.75) is 13.8 Å². The number of hydrogen-bond acceptors (Lipinski definition) is 4. The van der Waals surface area contributed by atoms with Gasteiger partial charge < -0.3 is 10.1 Å². The van der Waals surface area contributed by atoms with Crippen molar-refractivity contribution in [2.75, 3.05) is 11.9 Å². The first kappa shape index (κ1) is 20.2. The molecule has 2 N–H and O–H groups in total. The zero-order chi connectivity index (χ0) is 19.8. The summed E-state index contributed by atoms with van der Waals surface area (Å²) in [4.78, 5) is 35.2. The Labute approximate surface area is 162 Å². The Morgan fingerprint density at radius 2 is 1.78 bits per heavy atom. The normalized spacial score (nSPS) is 10.5. The Bertz CT molecular complexity index is 876. The monoisotopic (exact) mass is 386 g/mol. The van der Waals surface area contributed by atoms with Crippen molar-refractivity contribution in [3.63, 3.8) is 0 Å². The molecule has 2 rings (SSSR count). The Hall–Kier alpha value is -3.12. The fourth-order valence-corrected chi connectivity index (χ4v) is 2.25. The maximum absolute atomic E-state index is 11.9. The quantitative estimate of drug-likeness (QED) is 0.603. The summed E-state index contributed by atoms with van der Waals surface area (Å²) in [5.74, 6) is -1.43. The molecule has 2 aromatic carbocycles. The smallest absolute Gasteiger partial charge is 0.331 e. The van der Waals surface area contributed by atoms with Crippen LogP contribution in [0.5, 0.6) is 0 Å². The minimum atomic E-state index is -0.731. The van der Waals surface area contributed by atoms with Crippen LogP contribution in [0.15, 0.2) is 48.5 Å². The summed E-state index contributed by atoms with van der Waals surface area (Å²) in [6.07, 6.45) is 2.72. The molecule has 0 fully saturated rings. The second-order valence-electron chi connectivity index (χ2n) is 5.74. The van der Waals surface area contributed by atoms with E-state index in [1.54, 1.807) is 36.4 Å². The number of imide groups is 1. The van der Waals surface area contributed by atoms with Crippen molar-refractivity contribution in [1.82, 2.24) is 5.32 Å². The average Bonchev–Trinajstić information content (AvgIpc) is 2.63. The lowest BCUT2D eigenvalue weighted by Crippen LogP contribution is -2.37. The van der Waals surface area contributed by atoms with Crippen LogP contribution in [-0.4, -0.2) is 24.5 Å². The maximum Gasteiger partial charge on any atom is 0.331 e. The Kier molecular flexibility index (Phi) is 7.14. The third kappa shape index (κ3) is 6.60. The van der Waals surface area contributed by atoms with Crippen molar-refractivity contribution in [1.29, 1.82) is 0 Å². The lowest BCUT2D eigenvalue weighted by Gasteiger charge is -2.10. The number of rotatable bonds is 5. The molecule has 0 aliphatic rings. The molecule has 2 aromatic rings. The van der Waals surface area contributed by atoms with Gasteiger partial charge >= 0.3 is 12.0 Å². The van der Waals surface area contributed by atoms with Gasteiger partial charge in [-0.1, -0.05) is 35.9 Å². The molecular formula is C20H19ClN2O4. The first-order valence-corrected chi connectivity index (χ1v) is 8.50. The van der Waals surface area contributed by atoms with Gasteiger partial charge in [0.2, 0.25) is 0 Å². The van der Waals surface area contributed by atoms with Crippen LogP contribution >= 0.6 is 11.6 Å².